The van der Waals surface area contributed by atoms with E-state index in [9.17, 15) is 9.59 Å². The van der Waals surface area contributed by atoms with Crippen LogP contribution in [-0.2, 0) is 11.3 Å². The van der Waals surface area contributed by atoms with Crippen molar-refractivity contribution in [3.05, 3.63) is 65.2 Å². The van der Waals surface area contributed by atoms with Crippen LogP contribution in [0.1, 0.15) is 66.1 Å². The highest BCUT2D eigenvalue weighted by Gasteiger charge is 2.28. The van der Waals surface area contributed by atoms with Crippen molar-refractivity contribution < 1.29 is 14.3 Å². The molecule has 5 nitrogen and oxygen atoms in total. The molecule has 2 saturated heterocycles. The number of ether oxygens (including phenoxy) is 1. The van der Waals surface area contributed by atoms with Gasteiger partial charge < -0.3 is 14.5 Å². The van der Waals surface area contributed by atoms with Crippen LogP contribution in [0.5, 0.6) is 5.75 Å². The van der Waals surface area contributed by atoms with Crippen LogP contribution >= 0.6 is 0 Å². The van der Waals surface area contributed by atoms with Gasteiger partial charge in [-0.1, -0.05) is 37.1 Å². The van der Waals surface area contributed by atoms with E-state index >= 15 is 0 Å². The zero-order chi connectivity index (χ0) is 20.9. The Bertz CT molecular complexity index is 894. The van der Waals surface area contributed by atoms with Crippen LogP contribution in [0, 0.1) is 0 Å². The first-order chi connectivity index (χ1) is 14.7. The molecule has 2 heterocycles. The van der Waals surface area contributed by atoms with E-state index in [2.05, 4.69) is 12.1 Å². The summed E-state index contributed by atoms with van der Waals surface area (Å²) in [7, 11) is 1.67. The maximum absolute atomic E-state index is 13.5. The summed E-state index contributed by atoms with van der Waals surface area (Å²) < 4.78 is 5.29. The number of likely N-dealkylation sites (tertiary alicyclic amines) is 2. The van der Waals surface area contributed by atoms with Crippen LogP contribution in [0.4, 0.5) is 0 Å². The van der Waals surface area contributed by atoms with Gasteiger partial charge in [0.15, 0.2) is 0 Å². The normalized spacial score (nSPS) is 19.6. The first-order valence-electron chi connectivity index (χ1n) is 11.0. The molecule has 5 heteroatoms. The second kappa shape index (κ2) is 9.33. The molecule has 2 aliphatic rings. The van der Waals surface area contributed by atoms with E-state index in [4.69, 9.17) is 4.74 Å². The van der Waals surface area contributed by atoms with Gasteiger partial charge in [-0.05, 0) is 54.7 Å². The van der Waals surface area contributed by atoms with Crippen molar-refractivity contribution in [1.29, 1.82) is 0 Å². The molecule has 0 saturated carbocycles. The summed E-state index contributed by atoms with van der Waals surface area (Å²) in [6.45, 7) is 2.16. The van der Waals surface area contributed by atoms with Crippen molar-refractivity contribution in [2.24, 2.45) is 0 Å². The van der Waals surface area contributed by atoms with Crippen molar-refractivity contribution in [3.63, 3.8) is 0 Å². The lowest BCUT2D eigenvalue weighted by molar-refractivity contribution is -0.128. The smallest absolute Gasteiger partial charge is 0.254 e. The minimum atomic E-state index is 0.0762. The lowest BCUT2D eigenvalue weighted by atomic mass is 9.99. The number of carbonyl (C=O) groups is 2. The molecule has 2 aromatic rings. The molecule has 0 spiro atoms. The SMILES string of the molecule is COc1ccc([C@H]2CCCCCN2C(=O)c2cccc(CN3CCCC3=O)c2)cc1. The van der Waals surface area contributed by atoms with E-state index < -0.39 is 0 Å². The molecule has 0 aliphatic carbocycles. The molecule has 2 fully saturated rings. The Labute approximate surface area is 178 Å². The standard InChI is InChI=1S/C25H30N2O3/c1-30-22-13-11-20(12-14-22)23-9-3-2-4-16-27(23)25(29)21-8-5-7-19(17-21)18-26-15-6-10-24(26)28/h5,7-8,11-14,17,23H,2-4,6,9-10,15-16,18H2,1H3/t23-/m1/s1. The summed E-state index contributed by atoms with van der Waals surface area (Å²) in [6, 6.07) is 16.0. The first kappa shape index (κ1) is 20.5. The summed E-state index contributed by atoms with van der Waals surface area (Å²) in [5.41, 5.74) is 2.89. The molecule has 0 bridgehead atoms. The molecule has 158 valence electrons. The number of nitrogens with zero attached hydrogens (tertiary/aromatic N) is 2. The van der Waals surface area contributed by atoms with Crippen molar-refractivity contribution in [1.82, 2.24) is 9.80 Å². The first-order valence-corrected chi connectivity index (χ1v) is 11.0. The largest absolute Gasteiger partial charge is 0.497 e. The minimum absolute atomic E-state index is 0.0762. The average Bonchev–Trinajstić information content (AvgIpc) is 3.03. The zero-order valence-electron chi connectivity index (χ0n) is 17.7. The summed E-state index contributed by atoms with van der Waals surface area (Å²) in [5, 5.41) is 0. The van der Waals surface area contributed by atoms with Gasteiger partial charge in [0.25, 0.3) is 5.91 Å². The number of rotatable bonds is 5. The molecule has 0 aromatic heterocycles. The van der Waals surface area contributed by atoms with E-state index in [1.54, 1.807) is 7.11 Å². The van der Waals surface area contributed by atoms with Gasteiger partial charge in [-0.3, -0.25) is 9.59 Å². The lowest BCUT2D eigenvalue weighted by Gasteiger charge is -2.31. The highest BCUT2D eigenvalue weighted by Crippen LogP contribution is 2.32. The lowest BCUT2D eigenvalue weighted by Crippen LogP contribution is -2.35. The molecular formula is C25H30N2O3. The Kier molecular flexibility index (Phi) is 6.36. The highest BCUT2D eigenvalue weighted by atomic mass is 16.5. The van der Waals surface area contributed by atoms with Crippen LogP contribution in [0.15, 0.2) is 48.5 Å². The molecular weight excluding hydrogens is 376 g/mol. The van der Waals surface area contributed by atoms with Gasteiger partial charge in [0, 0.05) is 31.6 Å². The zero-order valence-corrected chi connectivity index (χ0v) is 17.7. The van der Waals surface area contributed by atoms with Gasteiger partial charge in [-0.2, -0.15) is 0 Å². The van der Waals surface area contributed by atoms with E-state index in [0.29, 0.717) is 18.5 Å². The third kappa shape index (κ3) is 4.50. The maximum atomic E-state index is 13.5. The number of amides is 2. The number of benzene rings is 2. The quantitative estimate of drug-likeness (QED) is 0.731. The van der Waals surface area contributed by atoms with Gasteiger partial charge in [0.2, 0.25) is 5.91 Å². The second-order valence-electron chi connectivity index (χ2n) is 8.26. The number of methoxy groups -OCH3 is 1. The van der Waals surface area contributed by atoms with Gasteiger partial charge in [-0.15, -0.1) is 0 Å². The molecule has 30 heavy (non-hydrogen) atoms. The van der Waals surface area contributed by atoms with E-state index in [-0.39, 0.29) is 17.9 Å². The molecule has 0 N–H and O–H groups in total. The number of hydrogen-bond acceptors (Lipinski definition) is 3. The van der Waals surface area contributed by atoms with E-state index in [0.717, 1.165) is 62.1 Å². The molecule has 1 atom stereocenters. The van der Waals surface area contributed by atoms with Crippen LogP contribution in [-0.4, -0.2) is 41.8 Å². The van der Waals surface area contributed by atoms with E-state index in [1.165, 1.54) is 0 Å². The monoisotopic (exact) mass is 406 g/mol. The Morgan fingerprint density at radius 2 is 1.87 bits per heavy atom. The fourth-order valence-electron chi connectivity index (χ4n) is 4.58. The predicted octanol–water partition coefficient (Wildman–Crippen LogP) is 4.58. The fourth-order valence-corrected chi connectivity index (χ4v) is 4.58. The van der Waals surface area contributed by atoms with Crippen LogP contribution < -0.4 is 4.74 Å². The van der Waals surface area contributed by atoms with Gasteiger partial charge in [0.1, 0.15) is 5.75 Å². The summed E-state index contributed by atoms with van der Waals surface area (Å²) in [4.78, 5) is 29.4. The Hall–Kier alpha value is -2.82. The Morgan fingerprint density at radius 3 is 2.60 bits per heavy atom. The van der Waals surface area contributed by atoms with Crippen LogP contribution in [0.3, 0.4) is 0 Å². The van der Waals surface area contributed by atoms with Crippen molar-refractivity contribution in [2.45, 2.75) is 51.1 Å². The fraction of sp³-hybridized carbons (Fsp3) is 0.440. The highest BCUT2D eigenvalue weighted by molar-refractivity contribution is 5.94. The third-order valence-electron chi connectivity index (χ3n) is 6.23. The topological polar surface area (TPSA) is 49.9 Å². The molecule has 4 rings (SSSR count). The second-order valence-corrected chi connectivity index (χ2v) is 8.26. The van der Waals surface area contributed by atoms with Gasteiger partial charge >= 0.3 is 0 Å². The van der Waals surface area contributed by atoms with Crippen molar-refractivity contribution in [2.75, 3.05) is 20.2 Å². The molecule has 0 radical (unpaired) electrons. The predicted molar refractivity (Wildman–Crippen MR) is 116 cm³/mol. The van der Waals surface area contributed by atoms with Crippen molar-refractivity contribution in [3.8, 4) is 5.75 Å². The van der Waals surface area contributed by atoms with Gasteiger partial charge in [0.05, 0.1) is 13.2 Å². The van der Waals surface area contributed by atoms with Crippen LogP contribution in [0.2, 0.25) is 0 Å². The van der Waals surface area contributed by atoms with E-state index in [1.807, 2.05) is 46.2 Å². The average molecular weight is 407 g/mol. The minimum Gasteiger partial charge on any atom is -0.497 e. The molecule has 2 aromatic carbocycles. The molecule has 2 aliphatic heterocycles. The summed E-state index contributed by atoms with van der Waals surface area (Å²) in [6.07, 6.45) is 5.83. The number of carbonyl (C=O) groups excluding carboxylic acids is 2. The summed E-state index contributed by atoms with van der Waals surface area (Å²) in [5.74, 6) is 1.11. The molecule has 2 amide bonds. The summed E-state index contributed by atoms with van der Waals surface area (Å²) >= 11 is 0. The Morgan fingerprint density at radius 1 is 1.03 bits per heavy atom. The number of hydrogen-bond donors (Lipinski definition) is 0. The van der Waals surface area contributed by atoms with Crippen LogP contribution in [0.25, 0.3) is 0 Å². The van der Waals surface area contributed by atoms with Crippen molar-refractivity contribution >= 4 is 11.8 Å². The third-order valence-corrected chi connectivity index (χ3v) is 6.23. The van der Waals surface area contributed by atoms with Gasteiger partial charge in [-0.25, -0.2) is 0 Å². The maximum Gasteiger partial charge on any atom is 0.254 e. The Balaban J connectivity index is 1.56. The molecule has 0 unspecified atom stereocenters.